The van der Waals surface area contributed by atoms with Gasteiger partial charge in [0, 0.05) is 6.61 Å². The molecule has 1 aromatic rings. The fourth-order valence-corrected chi connectivity index (χ4v) is 1.56. The summed E-state index contributed by atoms with van der Waals surface area (Å²) in [4.78, 5) is 22.5. The molecule has 0 fully saturated rings. The molecule has 0 saturated carbocycles. The highest BCUT2D eigenvalue weighted by molar-refractivity contribution is 5.84. The summed E-state index contributed by atoms with van der Waals surface area (Å²) in [6, 6.07) is 8.60. The smallest absolute Gasteiger partial charge is 0.326 e. The van der Waals surface area contributed by atoms with E-state index in [1.165, 1.54) is 0 Å². The molecule has 5 heteroatoms. The first-order chi connectivity index (χ1) is 9.63. The van der Waals surface area contributed by atoms with Crippen molar-refractivity contribution >= 4 is 18.0 Å². The zero-order chi connectivity index (χ0) is 14.8. The molecule has 0 saturated heterocycles. The van der Waals surface area contributed by atoms with Crippen molar-refractivity contribution in [1.29, 1.82) is 0 Å². The monoisotopic (exact) mass is 277 g/mol. The minimum atomic E-state index is -1.06. The van der Waals surface area contributed by atoms with Crippen LogP contribution in [0.3, 0.4) is 0 Å². The van der Waals surface area contributed by atoms with Gasteiger partial charge < -0.3 is 15.2 Å². The lowest BCUT2D eigenvalue weighted by Gasteiger charge is -2.12. The van der Waals surface area contributed by atoms with E-state index in [9.17, 15) is 9.59 Å². The van der Waals surface area contributed by atoms with Crippen LogP contribution in [0.25, 0.3) is 6.08 Å². The topological polar surface area (TPSA) is 75.6 Å². The molecule has 0 aliphatic carbocycles. The van der Waals surface area contributed by atoms with Gasteiger partial charge in [-0.05, 0) is 18.9 Å². The van der Waals surface area contributed by atoms with Crippen molar-refractivity contribution in [2.45, 2.75) is 19.4 Å². The van der Waals surface area contributed by atoms with Crippen LogP contribution < -0.4 is 5.32 Å². The number of carboxylic acid groups (broad SMARTS) is 1. The van der Waals surface area contributed by atoms with E-state index in [4.69, 9.17) is 9.84 Å². The number of hydrogen-bond acceptors (Lipinski definition) is 3. The molecule has 0 heterocycles. The second-order valence-electron chi connectivity index (χ2n) is 4.14. The first-order valence-electron chi connectivity index (χ1n) is 6.45. The van der Waals surface area contributed by atoms with Crippen molar-refractivity contribution < 1.29 is 19.4 Å². The van der Waals surface area contributed by atoms with Crippen molar-refractivity contribution in [2.75, 3.05) is 13.2 Å². The molecule has 0 aliphatic rings. The Morgan fingerprint density at radius 1 is 1.35 bits per heavy atom. The molecule has 5 nitrogen and oxygen atoms in total. The fraction of sp³-hybridized carbons (Fsp3) is 0.333. The number of benzene rings is 1. The number of carbonyl (C=O) groups excluding carboxylic acids is 1. The van der Waals surface area contributed by atoms with Crippen LogP contribution in [0.5, 0.6) is 0 Å². The minimum Gasteiger partial charge on any atom is -0.480 e. The molecule has 0 unspecified atom stereocenters. The average Bonchev–Trinajstić information content (AvgIpc) is 2.45. The van der Waals surface area contributed by atoms with Crippen LogP contribution in [-0.4, -0.2) is 36.2 Å². The molecule has 0 radical (unpaired) electrons. The van der Waals surface area contributed by atoms with Crippen molar-refractivity contribution in [3.8, 4) is 0 Å². The Morgan fingerprint density at radius 2 is 2.05 bits per heavy atom. The van der Waals surface area contributed by atoms with Crippen LogP contribution >= 0.6 is 0 Å². The maximum atomic E-state index is 11.4. The summed E-state index contributed by atoms with van der Waals surface area (Å²) >= 11 is 0. The fourth-order valence-electron chi connectivity index (χ4n) is 1.56. The molecular formula is C15H19NO4. The number of aliphatic carboxylic acids is 1. The van der Waals surface area contributed by atoms with Gasteiger partial charge in [0.05, 0.1) is 0 Å². The van der Waals surface area contributed by atoms with Gasteiger partial charge in [0.2, 0.25) is 5.91 Å². The van der Waals surface area contributed by atoms with Gasteiger partial charge in [-0.1, -0.05) is 42.5 Å². The van der Waals surface area contributed by atoms with E-state index in [1.54, 1.807) is 13.0 Å². The van der Waals surface area contributed by atoms with Gasteiger partial charge in [0.15, 0.2) is 0 Å². The first-order valence-corrected chi connectivity index (χ1v) is 6.45. The van der Waals surface area contributed by atoms with Gasteiger partial charge in [-0.15, -0.1) is 0 Å². The normalized spacial score (nSPS) is 12.2. The van der Waals surface area contributed by atoms with Crippen LogP contribution in [0.4, 0.5) is 0 Å². The van der Waals surface area contributed by atoms with E-state index in [0.29, 0.717) is 6.61 Å². The molecule has 20 heavy (non-hydrogen) atoms. The predicted octanol–water partition coefficient (Wildman–Crippen LogP) is 1.70. The number of hydrogen-bond donors (Lipinski definition) is 2. The lowest BCUT2D eigenvalue weighted by Crippen LogP contribution is -2.42. The molecule has 1 rings (SSSR count). The van der Waals surface area contributed by atoms with Gasteiger partial charge >= 0.3 is 5.97 Å². The van der Waals surface area contributed by atoms with E-state index >= 15 is 0 Å². The highest BCUT2D eigenvalue weighted by Crippen LogP contribution is 2.03. The predicted molar refractivity (Wildman–Crippen MR) is 76.2 cm³/mol. The number of rotatable bonds is 8. The van der Waals surface area contributed by atoms with Crippen LogP contribution in [0, 0.1) is 0 Å². The number of carbonyl (C=O) groups is 2. The molecule has 1 atom stereocenters. The van der Waals surface area contributed by atoms with Crippen molar-refractivity contribution in [2.24, 2.45) is 0 Å². The van der Waals surface area contributed by atoms with Crippen LogP contribution in [0.2, 0.25) is 0 Å². The summed E-state index contributed by atoms with van der Waals surface area (Å²) in [5.74, 6) is -1.49. The molecule has 0 aromatic heterocycles. The quantitative estimate of drug-likeness (QED) is 0.758. The molecule has 0 bridgehead atoms. The highest BCUT2D eigenvalue weighted by atomic mass is 16.5. The summed E-state index contributed by atoms with van der Waals surface area (Å²) < 4.78 is 4.93. The van der Waals surface area contributed by atoms with E-state index in [1.807, 2.05) is 36.4 Å². The first kappa shape index (κ1) is 15.9. The van der Waals surface area contributed by atoms with Crippen molar-refractivity contribution in [3.05, 3.63) is 42.0 Å². The summed E-state index contributed by atoms with van der Waals surface area (Å²) in [6.45, 7) is 2.06. The van der Waals surface area contributed by atoms with Crippen LogP contribution in [0.15, 0.2) is 36.4 Å². The Bertz CT molecular complexity index is 456. The zero-order valence-electron chi connectivity index (χ0n) is 11.4. The highest BCUT2D eigenvalue weighted by Gasteiger charge is 2.18. The molecule has 2 N–H and O–H groups in total. The van der Waals surface area contributed by atoms with Gasteiger partial charge in [-0.3, -0.25) is 4.79 Å². The third kappa shape index (κ3) is 6.15. The Labute approximate surface area is 118 Å². The molecule has 0 spiro atoms. The van der Waals surface area contributed by atoms with Gasteiger partial charge in [-0.2, -0.15) is 0 Å². The summed E-state index contributed by atoms with van der Waals surface area (Å²) in [5, 5.41) is 11.5. The SMILES string of the molecule is CCOCC(=O)N[C@@H](C/C=C/c1ccccc1)C(=O)O. The second-order valence-corrected chi connectivity index (χ2v) is 4.14. The molecular weight excluding hydrogens is 258 g/mol. The number of carboxylic acids is 1. The van der Waals surface area contributed by atoms with Crippen molar-refractivity contribution in [1.82, 2.24) is 5.32 Å². The lowest BCUT2D eigenvalue weighted by molar-refractivity contribution is -0.142. The summed E-state index contributed by atoms with van der Waals surface area (Å²) in [6.07, 6.45) is 3.78. The van der Waals surface area contributed by atoms with Gasteiger partial charge in [0.1, 0.15) is 12.6 Å². The van der Waals surface area contributed by atoms with E-state index in [-0.39, 0.29) is 13.0 Å². The van der Waals surface area contributed by atoms with Gasteiger partial charge in [0.25, 0.3) is 0 Å². The number of nitrogens with one attached hydrogen (secondary N) is 1. The number of ether oxygens (including phenoxy) is 1. The maximum Gasteiger partial charge on any atom is 0.326 e. The summed E-state index contributed by atoms with van der Waals surface area (Å²) in [5.41, 5.74) is 0.984. The third-order valence-corrected chi connectivity index (χ3v) is 2.55. The third-order valence-electron chi connectivity index (χ3n) is 2.55. The maximum absolute atomic E-state index is 11.4. The van der Waals surface area contributed by atoms with Gasteiger partial charge in [-0.25, -0.2) is 4.79 Å². The Hall–Kier alpha value is -2.14. The molecule has 0 aliphatic heterocycles. The zero-order valence-corrected chi connectivity index (χ0v) is 11.4. The average molecular weight is 277 g/mol. The van der Waals surface area contributed by atoms with Crippen molar-refractivity contribution in [3.63, 3.8) is 0 Å². The Balaban J connectivity index is 2.49. The summed E-state index contributed by atoms with van der Waals surface area (Å²) in [7, 11) is 0. The largest absolute Gasteiger partial charge is 0.480 e. The standard InChI is InChI=1S/C15H19NO4/c1-2-20-11-14(17)16-13(15(18)19)10-6-9-12-7-4-3-5-8-12/h3-9,13H,2,10-11H2,1H3,(H,16,17)(H,18,19)/b9-6+/t13-/m0/s1. The second kappa shape index (κ2) is 8.87. The number of amides is 1. The van der Waals surface area contributed by atoms with Crippen LogP contribution in [0.1, 0.15) is 18.9 Å². The van der Waals surface area contributed by atoms with E-state index in [0.717, 1.165) is 5.56 Å². The molecule has 1 amide bonds. The Kier molecular flexibility index (Phi) is 7.06. The lowest BCUT2D eigenvalue weighted by atomic mass is 10.1. The van der Waals surface area contributed by atoms with E-state index < -0.39 is 17.9 Å². The molecule has 1 aromatic carbocycles. The van der Waals surface area contributed by atoms with Crippen LogP contribution in [-0.2, 0) is 14.3 Å². The Morgan fingerprint density at radius 3 is 2.65 bits per heavy atom. The van der Waals surface area contributed by atoms with E-state index in [2.05, 4.69) is 5.32 Å². The minimum absolute atomic E-state index is 0.122. The molecule has 108 valence electrons.